The molecule has 0 spiro atoms. The molecule has 0 N–H and O–H groups in total. The number of hydrogen-bond acceptors (Lipinski definition) is 12. The fourth-order valence-electron chi connectivity index (χ4n) is 12.5. The van der Waals surface area contributed by atoms with Crippen molar-refractivity contribution in [3.63, 3.8) is 0 Å². The maximum Gasteiger partial charge on any atom is 0.161 e. The van der Waals surface area contributed by atoms with Crippen LogP contribution in [0.25, 0.3) is 11.1 Å². The summed E-state index contributed by atoms with van der Waals surface area (Å²) in [5.41, 5.74) is 10.1. The quantitative estimate of drug-likeness (QED) is 0.140. The van der Waals surface area contributed by atoms with Gasteiger partial charge in [-0.05, 0) is 134 Å². The van der Waals surface area contributed by atoms with Crippen LogP contribution < -0.4 is 28.4 Å². The van der Waals surface area contributed by atoms with Crippen LogP contribution in [0.1, 0.15) is 132 Å². The number of rotatable bonds is 5. The highest BCUT2D eigenvalue weighted by molar-refractivity contribution is 5.75. The Morgan fingerprint density at radius 2 is 1.10 bits per heavy atom. The first kappa shape index (κ1) is 59.1. The molecule has 4 aliphatic heterocycles. The summed E-state index contributed by atoms with van der Waals surface area (Å²) in [7, 11) is 0. The van der Waals surface area contributed by atoms with Crippen LogP contribution in [-0.2, 0) is 46.7 Å². The number of para-hydroxylation sites is 2. The monoisotopic (exact) mass is 1100 g/mol. The first-order valence-corrected chi connectivity index (χ1v) is 29.7. The summed E-state index contributed by atoms with van der Waals surface area (Å²) >= 11 is 0. The zero-order chi connectivity index (χ0) is 55.9. The molecule has 0 aromatic heterocycles. The minimum absolute atomic E-state index is 0.0690. The largest absolute Gasteiger partial charge is 0.495 e. The van der Waals surface area contributed by atoms with Crippen molar-refractivity contribution < 1.29 is 56.8 Å². The minimum Gasteiger partial charge on any atom is -0.495 e. The summed E-state index contributed by atoms with van der Waals surface area (Å²) in [5, 5.41) is 0. The highest BCUT2D eigenvalue weighted by atomic mass is 16.6. The molecule has 4 aromatic carbocycles. The summed E-state index contributed by atoms with van der Waals surface area (Å²) in [6.45, 7) is 27.9. The molecule has 3 aliphatic carbocycles. The summed E-state index contributed by atoms with van der Waals surface area (Å²) in [6, 6.07) is 25.7. The van der Waals surface area contributed by atoms with E-state index in [1.165, 1.54) is 11.1 Å². The lowest BCUT2D eigenvalue weighted by Gasteiger charge is -2.40. The van der Waals surface area contributed by atoms with Crippen molar-refractivity contribution in [3.05, 3.63) is 131 Å². The van der Waals surface area contributed by atoms with Crippen LogP contribution in [-0.4, -0.2) is 112 Å². The Bertz CT molecular complexity index is 2720. The Balaban J connectivity index is 1.04. The SMILES string of the molecule is C=C(C)CC(C)(C)c1ccc2c(c1)OCCOCCOc1c3cccc1C1=C4OCCOCCOc5ccc(C(=C)CC(C)(C)C)cc5OCCOCCO[C@@H]5C(CCC[C@@H]5c5cccc(c5OCCOCCO2)C[C@H]4CCC1)C3. The highest BCUT2D eigenvalue weighted by Crippen LogP contribution is 2.49. The van der Waals surface area contributed by atoms with Gasteiger partial charge < -0.3 is 56.8 Å². The molecule has 434 valence electrons. The highest BCUT2D eigenvalue weighted by Gasteiger charge is 2.39. The van der Waals surface area contributed by atoms with E-state index < -0.39 is 0 Å². The van der Waals surface area contributed by atoms with Gasteiger partial charge in [0.2, 0.25) is 0 Å². The van der Waals surface area contributed by atoms with Crippen molar-refractivity contribution in [1.82, 2.24) is 0 Å². The van der Waals surface area contributed by atoms with Gasteiger partial charge in [-0.15, -0.1) is 6.58 Å². The Morgan fingerprint density at radius 1 is 0.525 bits per heavy atom. The van der Waals surface area contributed by atoms with Crippen molar-refractivity contribution in [2.45, 2.75) is 123 Å². The molecule has 0 radical (unpaired) electrons. The van der Waals surface area contributed by atoms with Crippen molar-refractivity contribution in [3.8, 4) is 34.5 Å². The predicted molar refractivity (Wildman–Crippen MR) is 315 cm³/mol. The van der Waals surface area contributed by atoms with Crippen molar-refractivity contribution in [2.24, 2.45) is 17.3 Å². The van der Waals surface area contributed by atoms with Gasteiger partial charge in [0.15, 0.2) is 23.0 Å². The van der Waals surface area contributed by atoms with Crippen LogP contribution >= 0.6 is 0 Å². The second-order valence-electron chi connectivity index (χ2n) is 24.2. The minimum atomic E-state index is -0.134. The zero-order valence-electron chi connectivity index (χ0n) is 48.9. The molecule has 4 aromatic rings. The smallest absolute Gasteiger partial charge is 0.161 e. The number of allylic oxidation sites excluding steroid dienone is 4. The second kappa shape index (κ2) is 28.5. The maximum atomic E-state index is 7.18. The first-order valence-electron chi connectivity index (χ1n) is 29.7. The average molecular weight is 1100 g/mol. The van der Waals surface area contributed by atoms with Gasteiger partial charge in [-0.25, -0.2) is 0 Å². The van der Waals surface area contributed by atoms with E-state index in [0.29, 0.717) is 129 Å². The third kappa shape index (κ3) is 15.9. The van der Waals surface area contributed by atoms with Gasteiger partial charge in [-0.3, -0.25) is 0 Å². The Hall–Kier alpha value is -5.50. The van der Waals surface area contributed by atoms with E-state index >= 15 is 0 Å². The molecule has 4 atom stereocenters. The maximum absolute atomic E-state index is 7.18. The van der Waals surface area contributed by atoms with Gasteiger partial charge in [0, 0.05) is 28.5 Å². The summed E-state index contributed by atoms with van der Waals surface area (Å²) in [4.78, 5) is 0. The molecule has 0 amide bonds. The number of fused-ring (bicyclic) bond motifs is 24. The zero-order valence-corrected chi connectivity index (χ0v) is 48.9. The van der Waals surface area contributed by atoms with Crippen LogP contribution in [0.3, 0.4) is 0 Å². The molecule has 12 nitrogen and oxygen atoms in total. The molecule has 80 heavy (non-hydrogen) atoms. The summed E-state index contributed by atoms with van der Waals surface area (Å²) in [5.74, 6) is 5.81. The molecule has 7 aliphatic rings. The molecule has 1 unspecified atom stereocenters. The lowest BCUT2D eigenvalue weighted by molar-refractivity contribution is -0.0513. The molecule has 12 heteroatoms. The normalized spacial score (nSPS) is 22.5. The topological polar surface area (TPSA) is 111 Å². The molecule has 12 bridgehead atoms. The van der Waals surface area contributed by atoms with Gasteiger partial charge in [-0.2, -0.15) is 0 Å². The van der Waals surface area contributed by atoms with Gasteiger partial charge in [0.25, 0.3) is 0 Å². The van der Waals surface area contributed by atoms with Gasteiger partial charge in [0.1, 0.15) is 63.5 Å². The molecule has 0 saturated heterocycles. The Labute approximate surface area is 477 Å². The molecular formula is C68H90O12. The lowest BCUT2D eigenvalue weighted by Crippen LogP contribution is -2.37. The Morgan fingerprint density at radius 3 is 1.76 bits per heavy atom. The van der Waals surface area contributed by atoms with Crippen molar-refractivity contribution in [2.75, 3.05) is 106 Å². The van der Waals surface area contributed by atoms with E-state index in [0.717, 1.165) is 120 Å². The predicted octanol–water partition coefficient (Wildman–Crippen LogP) is 13.7. The molecule has 1 saturated carbocycles. The Kier molecular flexibility index (Phi) is 21.0. The van der Waals surface area contributed by atoms with Gasteiger partial charge in [-0.1, -0.05) is 102 Å². The molecule has 1 fully saturated rings. The fourth-order valence-corrected chi connectivity index (χ4v) is 12.5. The summed E-state index contributed by atoms with van der Waals surface area (Å²) in [6.07, 6.45) is 8.98. The molecule has 11 rings (SSSR count). The number of ether oxygens (including phenoxy) is 12. The van der Waals surface area contributed by atoms with E-state index in [1.54, 1.807) is 0 Å². The van der Waals surface area contributed by atoms with E-state index in [-0.39, 0.29) is 34.7 Å². The van der Waals surface area contributed by atoms with Crippen LogP contribution in [0.15, 0.2) is 97.3 Å². The number of hydrogen-bond donors (Lipinski definition) is 0. The second-order valence-corrected chi connectivity index (χ2v) is 24.2. The van der Waals surface area contributed by atoms with Gasteiger partial charge >= 0.3 is 0 Å². The fraction of sp³-hybridized carbons (Fsp3) is 0.559. The van der Waals surface area contributed by atoms with E-state index in [4.69, 9.17) is 56.8 Å². The number of benzene rings is 4. The van der Waals surface area contributed by atoms with Crippen molar-refractivity contribution in [1.29, 1.82) is 0 Å². The third-order valence-corrected chi connectivity index (χ3v) is 16.0. The van der Waals surface area contributed by atoms with Gasteiger partial charge in [0.05, 0.1) is 65.6 Å². The van der Waals surface area contributed by atoms with Crippen LogP contribution in [0.4, 0.5) is 0 Å². The van der Waals surface area contributed by atoms with E-state index in [2.05, 4.69) is 109 Å². The van der Waals surface area contributed by atoms with E-state index in [9.17, 15) is 0 Å². The first-order chi connectivity index (χ1) is 38.8. The molecular weight excluding hydrogens is 1010 g/mol. The molecule has 4 heterocycles. The van der Waals surface area contributed by atoms with Crippen molar-refractivity contribution >= 4 is 11.1 Å². The third-order valence-electron chi connectivity index (χ3n) is 16.0. The standard InChI is InChI=1S/C68H90O12/c1-47(2)45-68(7,8)54-22-24-60-62(44-54)76-36-28-72-32-40-80-66-53-16-12-20-58(66)56-18-9-13-50-41-51-14-10-17-55(64(51)78-38-30-70-26-34-74-60)57-19-11-15-52(42-53)65(57)79-39-31-71-27-35-75-61-43-49(48(3)46-67(4,5)6)21-23-59(61)73-33-25-69-29-37-77-63(50)56/h10,12,14,16-17,20-24,43-44,50,52,57,65H,1,3,9,11,13,15,18-19,25-42,45-46H2,2,4-8H3/t50-,52?,57-,65-/m1/s1. The van der Waals surface area contributed by atoms with E-state index in [1.807, 2.05) is 18.2 Å². The van der Waals surface area contributed by atoms with Crippen LogP contribution in [0.5, 0.6) is 34.5 Å². The van der Waals surface area contributed by atoms with Crippen LogP contribution in [0.2, 0.25) is 0 Å². The summed E-state index contributed by atoms with van der Waals surface area (Å²) < 4.78 is 79.0. The lowest BCUT2D eigenvalue weighted by atomic mass is 9.72. The average Bonchev–Trinajstić information content (AvgIpc) is 3.43. The van der Waals surface area contributed by atoms with Crippen LogP contribution in [0, 0.1) is 17.3 Å².